The quantitative estimate of drug-likeness (QED) is 0.840. The van der Waals surface area contributed by atoms with Gasteiger partial charge in [-0.1, -0.05) is 38.5 Å². The summed E-state index contributed by atoms with van der Waals surface area (Å²) in [5.41, 5.74) is 3.53. The molecule has 0 aliphatic heterocycles. The lowest BCUT2D eigenvalue weighted by molar-refractivity contribution is 0.102. The van der Waals surface area contributed by atoms with E-state index >= 15 is 0 Å². The molecule has 24 heavy (non-hydrogen) atoms. The molecule has 0 atom stereocenters. The highest BCUT2D eigenvalue weighted by molar-refractivity contribution is 6.04. The molecule has 0 bridgehead atoms. The molecule has 1 aromatic carbocycles. The van der Waals surface area contributed by atoms with Crippen LogP contribution in [-0.2, 0) is 6.42 Å². The number of amides is 1. The van der Waals surface area contributed by atoms with Crippen molar-refractivity contribution in [3.05, 3.63) is 47.3 Å². The topological polar surface area (TPSA) is 58.1 Å². The van der Waals surface area contributed by atoms with Crippen molar-refractivity contribution >= 4 is 17.5 Å². The SMILES string of the molecule is CCCCN(C)c1ncc(C(=O)Nc2c(C)cccc2CC)cn1. The predicted molar refractivity (Wildman–Crippen MR) is 98.7 cm³/mol. The minimum atomic E-state index is -0.179. The number of unbranched alkanes of at least 4 members (excludes halogenated alkanes) is 1. The van der Waals surface area contributed by atoms with Crippen LogP contribution in [0.2, 0.25) is 0 Å². The average Bonchev–Trinajstić information content (AvgIpc) is 2.61. The summed E-state index contributed by atoms with van der Waals surface area (Å²) in [6.07, 6.45) is 6.26. The van der Waals surface area contributed by atoms with Gasteiger partial charge in [-0.25, -0.2) is 9.97 Å². The Hall–Kier alpha value is -2.43. The summed E-state index contributed by atoms with van der Waals surface area (Å²) in [4.78, 5) is 23.1. The van der Waals surface area contributed by atoms with Crippen LogP contribution in [0.4, 0.5) is 11.6 Å². The fourth-order valence-corrected chi connectivity index (χ4v) is 2.52. The number of nitrogens with zero attached hydrogens (tertiary/aromatic N) is 3. The second-order valence-electron chi connectivity index (χ2n) is 5.96. The number of hydrogen-bond acceptors (Lipinski definition) is 4. The predicted octanol–water partition coefficient (Wildman–Crippen LogP) is 3.84. The Kier molecular flexibility index (Phi) is 6.29. The van der Waals surface area contributed by atoms with E-state index in [-0.39, 0.29) is 5.91 Å². The van der Waals surface area contributed by atoms with E-state index in [9.17, 15) is 4.79 Å². The molecular weight excluding hydrogens is 300 g/mol. The Morgan fingerprint density at radius 1 is 1.21 bits per heavy atom. The molecule has 0 aliphatic rings. The zero-order chi connectivity index (χ0) is 17.5. The number of nitrogens with one attached hydrogen (secondary N) is 1. The van der Waals surface area contributed by atoms with E-state index in [1.165, 1.54) is 0 Å². The highest BCUT2D eigenvalue weighted by atomic mass is 16.1. The van der Waals surface area contributed by atoms with Crippen molar-refractivity contribution < 1.29 is 4.79 Å². The van der Waals surface area contributed by atoms with Gasteiger partial charge < -0.3 is 10.2 Å². The van der Waals surface area contributed by atoms with E-state index in [0.717, 1.165) is 42.6 Å². The molecule has 1 aromatic heterocycles. The van der Waals surface area contributed by atoms with Gasteiger partial charge in [0.15, 0.2) is 0 Å². The molecule has 0 spiro atoms. The summed E-state index contributed by atoms with van der Waals surface area (Å²) in [5.74, 6) is 0.465. The number of para-hydroxylation sites is 1. The van der Waals surface area contributed by atoms with E-state index in [4.69, 9.17) is 0 Å². The van der Waals surface area contributed by atoms with Crippen molar-refractivity contribution in [1.82, 2.24) is 9.97 Å². The van der Waals surface area contributed by atoms with Gasteiger partial charge in [0, 0.05) is 31.7 Å². The fourth-order valence-electron chi connectivity index (χ4n) is 2.52. The number of aryl methyl sites for hydroxylation is 2. The second-order valence-corrected chi connectivity index (χ2v) is 5.96. The van der Waals surface area contributed by atoms with Gasteiger partial charge >= 0.3 is 0 Å². The first-order valence-electron chi connectivity index (χ1n) is 8.49. The van der Waals surface area contributed by atoms with Crippen molar-refractivity contribution in [2.75, 3.05) is 23.8 Å². The van der Waals surface area contributed by atoms with E-state index in [1.54, 1.807) is 12.4 Å². The van der Waals surface area contributed by atoms with Gasteiger partial charge in [-0.2, -0.15) is 0 Å². The summed E-state index contributed by atoms with van der Waals surface area (Å²) in [7, 11) is 1.96. The van der Waals surface area contributed by atoms with Gasteiger partial charge in [-0.15, -0.1) is 0 Å². The summed E-state index contributed by atoms with van der Waals surface area (Å²) >= 11 is 0. The van der Waals surface area contributed by atoms with Crippen molar-refractivity contribution in [2.24, 2.45) is 0 Å². The fraction of sp³-hybridized carbons (Fsp3) is 0.421. The van der Waals surface area contributed by atoms with Crippen LogP contribution in [0.25, 0.3) is 0 Å². The number of anilines is 2. The molecule has 0 radical (unpaired) electrons. The van der Waals surface area contributed by atoms with E-state index < -0.39 is 0 Å². The molecule has 0 fully saturated rings. The van der Waals surface area contributed by atoms with Crippen molar-refractivity contribution in [3.63, 3.8) is 0 Å². The lowest BCUT2D eigenvalue weighted by atomic mass is 10.1. The Bertz CT molecular complexity index is 682. The van der Waals surface area contributed by atoms with Gasteiger partial charge in [-0.05, 0) is 30.9 Å². The molecule has 0 aliphatic carbocycles. The van der Waals surface area contributed by atoms with Gasteiger partial charge in [0.05, 0.1) is 5.56 Å². The van der Waals surface area contributed by atoms with Crippen LogP contribution in [0.15, 0.2) is 30.6 Å². The molecule has 128 valence electrons. The van der Waals surface area contributed by atoms with Crippen molar-refractivity contribution in [3.8, 4) is 0 Å². The Labute approximate surface area is 144 Å². The first-order valence-corrected chi connectivity index (χ1v) is 8.49. The van der Waals surface area contributed by atoms with E-state index in [1.807, 2.05) is 37.1 Å². The third kappa shape index (κ3) is 4.31. The minimum Gasteiger partial charge on any atom is -0.344 e. The highest BCUT2D eigenvalue weighted by Gasteiger charge is 2.12. The number of rotatable bonds is 7. The van der Waals surface area contributed by atoms with Crippen LogP contribution in [0.1, 0.15) is 48.2 Å². The first-order chi connectivity index (χ1) is 11.6. The molecule has 1 amide bonds. The third-order valence-electron chi connectivity index (χ3n) is 4.07. The maximum absolute atomic E-state index is 12.5. The molecular formula is C19H26N4O. The summed E-state index contributed by atoms with van der Waals surface area (Å²) in [6, 6.07) is 6.04. The zero-order valence-electron chi connectivity index (χ0n) is 15.0. The Morgan fingerprint density at radius 2 is 1.92 bits per heavy atom. The smallest absolute Gasteiger partial charge is 0.258 e. The number of hydrogen-bond donors (Lipinski definition) is 1. The van der Waals surface area contributed by atoms with E-state index in [0.29, 0.717) is 11.5 Å². The molecule has 1 N–H and O–H groups in total. The van der Waals surface area contributed by atoms with Gasteiger partial charge in [0.2, 0.25) is 5.95 Å². The third-order valence-corrected chi connectivity index (χ3v) is 4.07. The lowest BCUT2D eigenvalue weighted by Gasteiger charge is -2.16. The van der Waals surface area contributed by atoms with Crippen LogP contribution in [0, 0.1) is 6.92 Å². The van der Waals surface area contributed by atoms with Crippen molar-refractivity contribution in [1.29, 1.82) is 0 Å². The van der Waals surface area contributed by atoms with Gasteiger partial charge in [0.1, 0.15) is 0 Å². The maximum Gasteiger partial charge on any atom is 0.258 e. The van der Waals surface area contributed by atoms with E-state index in [2.05, 4.69) is 29.1 Å². The Balaban J connectivity index is 2.11. The molecule has 0 unspecified atom stereocenters. The summed E-state index contributed by atoms with van der Waals surface area (Å²) in [6.45, 7) is 7.13. The number of carbonyl (C=O) groups excluding carboxylic acids is 1. The molecule has 5 nitrogen and oxygen atoms in total. The lowest BCUT2D eigenvalue weighted by Crippen LogP contribution is -2.21. The summed E-state index contributed by atoms with van der Waals surface area (Å²) < 4.78 is 0. The molecule has 2 rings (SSSR count). The van der Waals surface area contributed by atoms with Crippen LogP contribution >= 0.6 is 0 Å². The Morgan fingerprint density at radius 3 is 2.54 bits per heavy atom. The molecule has 0 saturated heterocycles. The summed E-state index contributed by atoms with van der Waals surface area (Å²) in [5, 5.41) is 3.00. The monoisotopic (exact) mass is 326 g/mol. The molecule has 5 heteroatoms. The second kappa shape index (κ2) is 8.43. The van der Waals surface area contributed by atoms with Crippen molar-refractivity contribution in [2.45, 2.75) is 40.0 Å². The maximum atomic E-state index is 12.5. The largest absolute Gasteiger partial charge is 0.344 e. The van der Waals surface area contributed by atoms with Gasteiger partial charge in [-0.3, -0.25) is 4.79 Å². The average molecular weight is 326 g/mol. The standard InChI is InChI=1S/C19H26N4O/c1-5-7-11-23(4)19-20-12-16(13-21-19)18(24)22-17-14(3)9-8-10-15(17)6-2/h8-10,12-13H,5-7,11H2,1-4H3,(H,22,24). The van der Waals surface area contributed by atoms with Gasteiger partial charge in [0.25, 0.3) is 5.91 Å². The number of carbonyl (C=O) groups is 1. The number of benzene rings is 1. The minimum absolute atomic E-state index is 0.179. The zero-order valence-corrected chi connectivity index (χ0v) is 15.0. The normalized spacial score (nSPS) is 10.5. The molecule has 0 saturated carbocycles. The van der Waals surface area contributed by atoms with Crippen LogP contribution in [-0.4, -0.2) is 29.5 Å². The molecule has 2 aromatic rings. The number of aromatic nitrogens is 2. The van der Waals surface area contributed by atoms with Crippen LogP contribution in [0.3, 0.4) is 0 Å². The first kappa shape index (κ1) is 17.9. The molecule has 1 heterocycles. The van der Waals surface area contributed by atoms with Crippen LogP contribution < -0.4 is 10.2 Å². The highest BCUT2D eigenvalue weighted by Crippen LogP contribution is 2.21. The van der Waals surface area contributed by atoms with Crippen LogP contribution in [0.5, 0.6) is 0 Å².